The summed E-state index contributed by atoms with van der Waals surface area (Å²) in [4.78, 5) is 38.2. The zero-order valence-electron chi connectivity index (χ0n) is 26.0. The molecule has 1 atom stereocenters. The van der Waals surface area contributed by atoms with E-state index in [4.69, 9.17) is 4.74 Å². The number of ether oxygens (including phenoxy) is 1. The number of amides is 1. The lowest BCUT2D eigenvalue weighted by atomic mass is 10.0. The first-order valence-electron chi connectivity index (χ1n) is 14.8. The van der Waals surface area contributed by atoms with E-state index in [1.807, 2.05) is 25.5 Å². The standard InChI is InChI=1S/C29H37F3N8O5S/c1-29(2,3)45-28(42)39-13-11-38(12-14-39)10-8-33-27-34-16-18-15-20(26(41)37(4)25(18)35-27)23-21(31)5-6-22(24(23)32)36-46(43,44)40-9-7-19(30)17-40/h5-6,15-16,19,36H,7-14,17H2,1-4H3,(H,33,34,35)/t19-/m1/s1. The molecule has 2 aliphatic rings. The van der Waals surface area contributed by atoms with Gasteiger partial charge in [0.05, 0.1) is 16.8 Å². The molecule has 3 aromatic rings. The van der Waals surface area contributed by atoms with Crippen molar-refractivity contribution in [3.05, 3.63) is 46.4 Å². The van der Waals surface area contributed by atoms with Crippen molar-refractivity contribution in [1.29, 1.82) is 0 Å². The molecule has 1 aromatic carbocycles. The molecule has 2 fully saturated rings. The highest BCUT2D eigenvalue weighted by Gasteiger charge is 2.33. The van der Waals surface area contributed by atoms with Crippen LogP contribution in [0.4, 0.5) is 29.6 Å². The number of halogens is 3. The van der Waals surface area contributed by atoms with Crippen molar-refractivity contribution in [3.63, 3.8) is 0 Å². The van der Waals surface area contributed by atoms with E-state index in [9.17, 15) is 26.8 Å². The third-order valence-corrected chi connectivity index (χ3v) is 9.21. The highest BCUT2D eigenvalue weighted by molar-refractivity contribution is 7.90. The molecule has 2 N–H and O–H groups in total. The normalized spacial score (nSPS) is 18.2. The van der Waals surface area contributed by atoms with E-state index in [-0.39, 0.29) is 42.8 Å². The summed E-state index contributed by atoms with van der Waals surface area (Å²) in [6, 6.07) is 3.00. The quantitative estimate of drug-likeness (QED) is 0.371. The van der Waals surface area contributed by atoms with Crippen LogP contribution in [-0.2, 0) is 22.0 Å². The minimum absolute atomic E-state index is 0.0131. The van der Waals surface area contributed by atoms with Crippen LogP contribution in [0.15, 0.2) is 29.2 Å². The molecule has 0 spiro atoms. The van der Waals surface area contributed by atoms with Crippen LogP contribution < -0.4 is 15.6 Å². The number of carbonyl (C=O) groups excluding carboxylic acids is 1. The smallest absolute Gasteiger partial charge is 0.410 e. The average molecular weight is 667 g/mol. The Hall–Kier alpha value is -3.96. The number of hydrogen-bond acceptors (Lipinski definition) is 9. The minimum Gasteiger partial charge on any atom is -0.444 e. The molecule has 13 nitrogen and oxygen atoms in total. The molecule has 46 heavy (non-hydrogen) atoms. The van der Waals surface area contributed by atoms with Crippen molar-refractivity contribution in [2.45, 2.75) is 39.0 Å². The zero-order valence-corrected chi connectivity index (χ0v) is 26.8. The van der Waals surface area contributed by atoms with Crippen LogP contribution in [0.25, 0.3) is 22.2 Å². The van der Waals surface area contributed by atoms with Crippen molar-refractivity contribution in [3.8, 4) is 11.1 Å². The summed E-state index contributed by atoms with van der Waals surface area (Å²) in [5.74, 6) is -2.12. The Morgan fingerprint density at radius 1 is 1.13 bits per heavy atom. The Morgan fingerprint density at radius 3 is 2.50 bits per heavy atom. The second-order valence-electron chi connectivity index (χ2n) is 12.3. The molecule has 2 aromatic heterocycles. The summed E-state index contributed by atoms with van der Waals surface area (Å²) in [5.41, 5.74) is -2.77. The lowest BCUT2D eigenvalue weighted by molar-refractivity contribution is 0.0148. The van der Waals surface area contributed by atoms with Crippen molar-refractivity contribution in [1.82, 2.24) is 28.6 Å². The second-order valence-corrected chi connectivity index (χ2v) is 13.9. The van der Waals surface area contributed by atoms with E-state index in [0.717, 1.165) is 21.0 Å². The lowest BCUT2D eigenvalue weighted by Crippen LogP contribution is -2.50. The van der Waals surface area contributed by atoms with Gasteiger partial charge in [0.15, 0.2) is 5.82 Å². The summed E-state index contributed by atoms with van der Waals surface area (Å²) in [6.07, 6.45) is -0.242. The maximum absolute atomic E-state index is 15.6. The summed E-state index contributed by atoms with van der Waals surface area (Å²) in [7, 11) is -2.92. The number of nitrogens with one attached hydrogen (secondary N) is 2. The highest BCUT2D eigenvalue weighted by atomic mass is 32.2. The van der Waals surface area contributed by atoms with Gasteiger partial charge in [0.2, 0.25) is 5.95 Å². The van der Waals surface area contributed by atoms with E-state index >= 15 is 4.39 Å². The van der Waals surface area contributed by atoms with Crippen molar-refractivity contribution >= 4 is 39.0 Å². The first-order valence-corrected chi connectivity index (χ1v) is 16.3. The number of aromatic nitrogens is 3. The Morgan fingerprint density at radius 2 is 1.85 bits per heavy atom. The first kappa shape index (κ1) is 33.4. The average Bonchev–Trinajstić information content (AvgIpc) is 3.44. The molecule has 0 saturated carbocycles. The minimum atomic E-state index is -4.32. The molecule has 0 unspecified atom stereocenters. The van der Waals surface area contributed by atoms with Gasteiger partial charge in [0.1, 0.15) is 23.2 Å². The number of fused-ring (bicyclic) bond motifs is 1. The molecule has 17 heteroatoms. The topological polar surface area (TPSA) is 142 Å². The number of benzene rings is 1. The monoisotopic (exact) mass is 666 g/mol. The summed E-state index contributed by atoms with van der Waals surface area (Å²) in [5, 5.41) is 3.43. The summed E-state index contributed by atoms with van der Waals surface area (Å²) in [6.45, 7) is 8.57. The van der Waals surface area contributed by atoms with Gasteiger partial charge in [-0.2, -0.15) is 17.7 Å². The number of rotatable bonds is 8. The number of aryl methyl sites for hydroxylation is 1. The van der Waals surface area contributed by atoms with Gasteiger partial charge in [-0.05, 0) is 45.4 Å². The van der Waals surface area contributed by atoms with Gasteiger partial charge in [0.25, 0.3) is 5.56 Å². The Balaban J connectivity index is 1.28. The van der Waals surface area contributed by atoms with Crippen LogP contribution in [0.1, 0.15) is 27.2 Å². The fraction of sp³-hybridized carbons (Fsp3) is 0.517. The number of piperazine rings is 1. The molecule has 0 bridgehead atoms. The predicted octanol–water partition coefficient (Wildman–Crippen LogP) is 2.94. The van der Waals surface area contributed by atoms with E-state index in [1.54, 1.807) is 4.90 Å². The fourth-order valence-electron chi connectivity index (χ4n) is 5.30. The Kier molecular flexibility index (Phi) is 9.47. The molecule has 2 aliphatic heterocycles. The Bertz CT molecular complexity index is 1790. The Labute approximate surface area is 264 Å². The number of alkyl halides is 1. The van der Waals surface area contributed by atoms with Crippen LogP contribution in [0.5, 0.6) is 0 Å². The molecular weight excluding hydrogens is 629 g/mol. The molecule has 1 amide bonds. The van der Waals surface area contributed by atoms with E-state index in [0.29, 0.717) is 44.7 Å². The molecule has 5 rings (SSSR count). The first-order chi connectivity index (χ1) is 21.6. The van der Waals surface area contributed by atoms with Gasteiger partial charge in [-0.25, -0.2) is 22.9 Å². The largest absolute Gasteiger partial charge is 0.444 e. The van der Waals surface area contributed by atoms with E-state index < -0.39 is 50.4 Å². The third kappa shape index (κ3) is 7.36. The maximum atomic E-state index is 15.6. The van der Waals surface area contributed by atoms with Gasteiger partial charge in [-0.15, -0.1) is 0 Å². The summed E-state index contributed by atoms with van der Waals surface area (Å²) < 4.78 is 79.0. The molecule has 4 heterocycles. The van der Waals surface area contributed by atoms with Gasteiger partial charge >= 0.3 is 16.3 Å². The van der Waals surface area contributed by atoms with Crippen LogP contribution in [0.3, 0.4) is 0 Å². The summed E-state index contributed by atoms with van der Waals surface area (Å²) >= 11 is 0. The number of pyridine rings is 1. The molecule has 250 valence electrons. The maximum Gasteiger partial charge on any atom is 0.410 e. The lowest BCUT2D eigenvalue weighted by Gasteiger charge is -2.35. The van der Waals surface area contributed by atoms with Crippen LogP contribution in [-0.4, -0.2) is 107 Å². The van der Waals surface area contributed by atoms with E-state index in [2.05, 4.69) is 20.2 Å². The highest BCUT2D eigenvalue weighted by Crippen LogP contribution is 2.31. The number of anilines is 2. The number of nitrogens with zero attached hydrogens (tertiary/aromatic N) is 6. The third-order valence-electron chi connectivity index (χ3n) is 7.72. The van der Waals surface area contributed by atoms with Gasteiger partial charge < -0.3 is 15.0 Å². The zero-order chi connectivity index (χ0) is 33.4. The molecule has 0 radical (unpaired) electrons. The number of carbonyl (C=O) groups is 1. The van der Waals surface area contributed by atoms with Crippen LogP contribution in [0.2, 0.25) is 0 Å². The van der Waals surface area contributed by atoms with E-state index in [1.165, 1.54) is 19.3 Å². The van der Waals surface area contributed by atoms with Gasteiger partial charge in [-0.1, -0.05) is 0 Å². The van der Waals surface area contributed by atoms with Crippen molar-refractivity contribution in [2.75, 3.05) is 62.4 Å². The second kappa shape index (κ2) is 13.0. The van der Waals surface area contributed by atoms with Gasteiger partial charge in [-0.3, -0.25) is 19.0 Å². The molecule has 0 aliphatic carbocycles. The predicted molar refractivity (Wildman–Crippen MR) is 166 cm³/mol. The molecule has 2 saturated heterocycles. The molecular formula is C29H37F3N8O5S. The van der Waals surface area contributed by atoms with Crippen molar-refractivity contribution in [2.24, 2.45) is 7.05 Å². The SMILES string of the molecule is Cn1c(=O)c(-c2c(F)ccc(NS(=O)(=O)N3CC[C@@H](F)C3)c2F)cc2cnc(NCCN3CCN(C(=O)OC(C)(C)C)CC3)nc21. The van der Waals surface area contributed by atoms with Gasteiger partial charge in [0, 0.05) is 71.0 Å². The number of hydrogen-bond donors (Lipinski definition) is 2. The van der Waals surface area contributed by atoms with Crippen LogP contribution in [0, 0.1) is 11.6 Å². The fourth-order valence-corrected chi connectivity index (χ4v) is 6.57. The van der Waals surface area contributed by atoms with Crippen LogP contribution >= 0.6 is 0 Å². The van der Waals surface area contributed by atoms with Crippen molar-refractivity contribution < 1.29 is 31.1 Å².